The molecule has 0 aliphatic rings. The van der Waals surface area contributed by atoms with Gasteiger partial charge in [0.15, 0.2) is 5.15 Å². The van der Waals surface area contributed by atoms with Crippen molar-refractivity contribution in [3.63, 3.8) is 0 Å². The number of rotatable bonds is 6. The topological polar surface area (TPSA) is 40.6 Å². The average molecular weight is 432 g/mol. The maximum atomic E-state index is 5.94. The van der Waals surface area contributed by atoms with Gasteiger partial charge in [0.05, 0.1) is 18.2 Å². The maximum absolute atomic E-state index is 5.94. The van der Waals surface area contributed by atoms with Gasteiger partial charge in [-0.25, -0.2) is 0 Å². The summed E-state index contributed by atoms with van der Waals surface area (Å²) in [6.45, 7) is 1.37. The molecule has 0 bridgehead atoms. The van der Waals surface area contributed by atoms with Crippen LogP contribution in [0, 0.1) is 0 Å². The van der Waals surface area contributed by atoms with Crippen LogP contribution in [-0.4, -0.2) is 18.2 Å². The van der Waals surface area contributed by atoms with Gasteiger partial charge in [-0.1, -0.05) is 34.8 Å². The summed E-state index contributed by atoms with van der Waals surface area (Å²) in [5.74, 6) is 0.0521. The molecule has 110 valence electrons. The van der Waals surface area contributed by atoms with Crippen LogP contribution in [0.4, 0.5) is 0 Å². The summed E-state index contributed by atoms with van der Waals surface area (Å²) in [7, 11) is 0. The van der Waals surface area contributed by atoms with Crippen LogP contribution in [0.25, 0.3) is 0 Å². The largest absolute Gasteiger partial charge is 0.404 e. The van der Waals surface area contributed by atoms with Crippen LogP contribution < -0.4 is 4.52 Å². The lowest BCUT2D eigenvalue weighted by molar-refractivity contribution is 0.216. The number of nitrogens with zero attached hydrogens (tertiary/aromatic N) is 1. The first-order valence-corrected chi connectivity index (χ1v) is 8.71. The Morgan fingerprint density at radius 2 is 1.68 bits per heavy atom. The second kappa shape index (κ2) is 9.00. The van der Waals surface area contributed by atoms with Crippen LogP contribution in [0.1, 0.15) is 13.8 Å². The van der Waals surface area contributed by atoms with E-state index in [9.17, 15) is 0 Å². The van der Waals surface area contributed by atoms with Gasteiger partial charge in [0.1, 0.15) is 5.02 Å². The predicted octanol–water partition coefficient (Wildman–Crippen LogP) is 5.30. The minimum Gasteiger partial charge on any atom is -0.404 e. The van der Waals surface area contributed by atoms with E-state index in [2.05, 4.69) is 4.98 Å². The van der Waals surface area contributed by atoms with E-state index in [4.69, 9.17) is 60.2 Å². The molecule has 0 radical (unpaired) electrons. The molecule has 0 N–H and O–H groups in total. The average Bonchev–Trinajstić information content (AvgIpc) is 2.26. The molecule has 0 aliphatic heterocycles. The molecule has 0 unspecified atom stereocenters. The lowest BCUT2D eigenvalue weighted by atomic mass is 10.5. The van der Waals surface area contributed by atoms with Crippen LogP contribution in [0.15, 0.2) is 6.07 Å². The number of pyridine rings is 1. The Bertz CT molecular complexity index is 470. The van der Waals surface area contributed by atoms with Gasteiger partial charge in [-0.15, -0.1) is 17.0 Å². The standard InChI is InChI=1S/C9H11Cl3NO3PS.BrH/c1-3-14-17(18,15-4-2)16-9-7(11)5-6(10)8(12)13-9;/h5H,3-4H2,1-2H3;1H. The molecule has 1 aromatic rings. The normalized spacial score (nSPS) is 11.0. The van der Waals surface area contributed by atoms with Gasteiger partial charge in [-0.3, -0.25) is 9.05 Å². The summed E-state index contributed by atoms with van der Waals surface area (Å²) in [6.07, 6.45) is 0. The van der Waals surface area contributed by atoms with Crippen molar-refractivity contribution in [1.29, 1.82) is 0 Å². The fraction of sp³-hybridized carbons (Fsp3) is 0.444. The smallest absolute Gasteiger partial charge is 0.381 e. The van der Waals surface area contributed by atoms with Crippen LogP contribution in [-0.2, 0) is 20.9 Å². The Labute approximate surface area is 142 Å². The quantitative estimate of drug-likeness (QED) is 0.452. The Balaban J connectivity index is 0.00000324. The third kappa shape index (κ3) is 6.02. The molecule has 0 spiro atoms. The predicted molar refractivity (Wildman–Crippen MR) is 87.8 cm³/mol. The van der Waals surface area contributed by atoms with E-state index >= 15 is 0 Å². The summed E-state index contributed by atoms with van der Waals surface area (Å²) in [5.41, 5.74) is 0. The van der Waals surface area contributed by atoms with E-state index in [-0.39, 0.29) is 38.1 Å². The van der Waals surface area contributed by atoms with Crippen LogP contribution in [0.2, 0.25) is 15.2 Å². The summed E-state index contributed by atoms with van der Waals surface area (Å²) in [4.78, 5) is 3.90. The molecule has 19 heavy (non-hydrogen) atoms. The molecule has 1 aromatic heterocycles. The molecule has 1 rings (SSSR count). The Kier molecular flexibility index (Phi) is 9.42. The molecule has 0 fully saturated rings. The Morgan fingerprint density at radius 1 is 1.16 bits per heavy atom. The number of aromatic nitrogens is 1. The molecule has 4 nitrogen and oxygen atoms in total. The Hall–Kier alpha value is 0.870. The first-order valence-electron chi connectivity index (χ1n) is 5.02. The molecule has 0 aliphatic carbocycles. The van der Waals surface area contributed by atoms with Gasteiger partial charge in [-0.05, 0) is 19.9 Å². The SMILES string of the molecule is Br.CCOP(=S)(OCC)Oc1nc(Cl)c(Cl)cc1Cl. The summed E-state index contributed by atoms with van der Waals surface area (Å²) < 4.78 is 16.1. The molecular formula is C9H12BrCl3NO3PS. The number of hydrogen-bond acceptors (Lipinski definition) is 5. The van der Waals surface area contributed by atoms with E-state index in [1.54, 1.807) is 13.8 Å². The van der Waals surface area contributed by atoms with Crippen molar-refractivity contribution in [2.45, 2.75) is 13.8 Å². The van der Waals surface area contributed by atoms with Crippen LogP contribution >= 0.6 is 58.5 Å². The van der Waals surface area contributed by atoms with Gasteiger partial charge in [0, 0.05) is 11.8 Å². The van der Waals surface area contributed by atoms with Crippen molar-refractivity contribution in [2.75, 3.05) is 13.2 Å². The second-order valence-electron chi connectivity index (χ2n) is 2.92. The minimum absolute atomic E-state index is 0. The van der Waals surface area contributed by atoms with Crippen LogP contribution in [0.3, 0.4) is 0 Å². The monoisotopic (exact) mass is 429 g/mol. The Morgan fingerprint density at radius 3 is 2.16 bits per heavy atom. The molecule has 0 amide bonds. The highest BCUT2D eigenvalue weighted by Gasteiger charge is 2.24. The molecule has 0 saturated carbocycles. The van der Waals surface area contributed by atoms with E-state index in [1.807, 2.05) is 0 Å². The second-order valence-corrected chi connectivity index (χ2v) is 7.03. The van der Waals surface area contributed by atoms with E-state index in [0.717, 1.165) is 0 Å². The van der Waals surface area contributed by atoms with Crippen molar-refractivity contribution in [2.24, 2.45) is 0 Å². The zero-order chi connectivity index (χ0) is 13.8. The first kappa shape index (κ1) is 19.9. The highest BCUT2D eigenvalue weighted by molar-refractivity contribution is 8.93. The molecular weight excluding hydrogens is 419 g/mol. The third-order valence-corrected chi connectivity index (χ3v) is 4.97. The van der Waals surface area contributed by atoms with Gasteiger partial charge >= 0.3 is 6.72 Å². The summed E-state index contributed by atoms with van der Waals surface area (Å²) in [6, 6.07) is 1.42. The van der Waals surface area contributed by atoms with Crippen molar-refractivity contribution in [3.8, 4) is 5.88 Å². The highest BCUT2D eigenvalue weighted by atomic mass is 79.9. The maximum Gasteiger partial charge on any atom is 0.381 e. The van der Waals surface area contributed by atoms with E-state index in [0.29, 0.717) is 13.2 Å². The minimum atomic E-state index is -2.92. The summed E-state index contributed by atoms with van der Waals surface area (Å²) >= 11 is 22.7. The van der Waals surface area contributed by atoms with Crippen molar-refractivity contribution in [1.82, 2.24) is 4.98 Å². The molecule has 0 atom stereocenters. The molecule has 10 heteroatoms. The van der Waals surface area contributed by atoms with Crippen LogP contribution in [0.5, 0.6) is 5.88 Å². The van der Waals surface area contributed by atoms with Gasteiger partial charge in [0.2, 0.25) is 5.88 Å². The van der Waals surface area contributed by atoms with Gasteiger partial charge in [0.25, 0.3) is 0 Å². The molecule has 0 saturated heterocycles. The van der Waals surface area contributed by atoms with Crippen molar-refractivity contribution in [3.05, 3.63) is 21.3 Å². The fourth-order valence-corrected chi connectivity index (χ4v) is 3.59. The lowest BCUT2D eigenvalue weighted by Gasteiger charge is -2.20. The molecule has 0 aromatic carbocycles. The van der Waals surface area contributed by atoms with E-state index in [1.165, 1.54) is 6.07 Å². The number of hydrogen-bond donors (Lipinski definition) is 0. The fourth-order valence-electron chi connectivity index (χ4n) is 1.00. The van der Waals surface area contributed by atoms with Gasteiger partial charge in [-0.2, -0.15) is 4.98 Å². The zero-order valence-corrected chi connectivity index (χ0v) is 15.8. The van der Waals surface area contributed by atoms with Crippen molar-refractivity contribution >= 4 is 70.3 Å². The zero-order valence-electron chi connectivity index (χ0n) is 10.1. The van der Waals surface area contributed by atoms with Gasteiger partial charge < -0.3 is 4.52 Å². The number of halogens is 4. The molecule has 1 heterocycles. The van der Waals surface area contributed by atoms with E-state index < -0.39 is 6.72 Å². The lowest BCUT2D eigenvalue weighted by Crippen LogP contribution is -2.03. The first-order chi connectivity index (χ1) is 8.41. The third-order valence-electron chi connectivity index (χ3n) is 1.63. The summed E-state index contributed by atoms with van der Waals surface area (Å²) in [5, 5.41) is 0.499. The highest BCUT2D eigenvalue weighted by Crippen LogP contribution is 2.51. The van der Waals surface area contributed by atoms with Crippen molar-refractivity contribution < 1.29 is 13.6 Å².